The molecule has 0 bridgehead atoms. The van der Waals surface area contributed by atoms with Crippen molar-refractivity contribution in [2.45, 2.75) is 12.5 Å². The van der Waals surface area contributed by atoms with Gasteiger partial charge in [-0.2, -0.15) is 5.10 Å². The second kappa shape index (κ2) is 5.53. The quantitative estimate of drug-likeness (QED) is 0.911. The Balaban J connectivity index is 1.71. The predicted molar refractivity (Wildman–Crippen MR) is 78.0 cm³/mol. The Morgan fingerprint density at radius 3 is 2.64 bits per heavy atom. The molecule has 1 N–H and O–H groups in total. The van der Waals surface area contributed by atoms with E-state index >= 15 is 0 Å². The molecule has 1 saturated heterocycles. The largest absolute Gasteiger partial charge is 0.347 e. The number of nitrogens with one attached hydrogen (secondary N) is 1. The average Bonchev–Trinajstić information content (AvgIpc) is 3.06. The van der Waals surface area contributed by atoms with Crippen LogP contribution >= 0.6 is 0 Å². The van der Waals surface area contributed by atoms with E-state index in [0.29, 0.717) is 12.1 Å². The lowest BCUT2D eigenvalue weighted by molar-refractivity contribution is 0.0935. The highest BCUT2D eigenvalue weighted by Gasteiger charge is 2.29. The number of hydrogen-bond donors (Lipinski definition) is 1. The molecule has 1 aliphatic heterocycles. The number of halogens is 1. The second-order valence-corrected chi connectivity index (χ2v) is 7.42. The van der Waals surface area contributed by atoms with Gasteiger partial charge in [0.15, 0.2) is 15.5 Å². The predicted octanol–water partition coefficient (Wildman–Crippen LogP) is 0.928. The van der Waals surface area contributed by atoms with Gasteiger partial charge >= 0.3 is 0 Å². The fourth-order valence-electron chi connectivity index (χ4n) is 2.35. The Morgan fingerprint density at radius 1 is 1.27 bits per heavy atom. The Kier molecular flexibility index (Phi) is 3.69. The van der Waals surface area contributed by atoms with Crippen LogP contribution in [0.15, 0.2) is 36.5 Å². The zero-order chi connectivity index (χ0) is 15.7. The fourth-order valence-corrected chi connectivity index (χ4v) is 4.02. The molecule has 2 aromatic rings. The first kappa shape index (κ1) is 14.7. The minimum Gasteiger partial charge on any atom is -0.347 e. The van der Waals surface area contributed by atoms with E-state index < -0.39 is 15.7 Å². The van der Waals surface area contributed by atoms with E-state index in [1.165, 1.54) is 22.9 Å². The van der Waals surface area contributed by atoms with Crippen molar-refractivity contribution in [2.75, 3.05) is 11.5 Å². The number of nitrogens with zero attached hydrogens (tertiary/aromatic N) is 2. The molecule has 0 aliphatic carbocycles. The van der Waals surface area contributed by atoms with Crippen LogP contribution in [0.3, 0.4) is 0 Å². The van der Waals surface area contributed by atoms with Gasteiger partial charge in [0.1, 0.15) is 5.82 Å². The Morgan fingerprint density at radius 2 is 2.00 bits per heavy atom. The average molecular weight is 323 g/mol. The van der Waals surface area contributed by atoms with E-state index in [1.54, 1.807) is 18.3 Å². The third-order valence-electron chi connectivity index (χ3n) is 3.48. The van der Waals surface area contributed by atoms with Crippen LogP contribution in [-0.4, -0.2) is 41.7 Å². The third-order valence-corrected chi connectivity index (χ3v) is 5.25. The summed E-state index contributed by atoms with van der Waals surface area (Å²) in [5.74, 6) is -0.696. The lowest BCUT2D eigenvalue weighted by Gasteiger charge is -2.08. The van der Waals surface area contributed by atoms with Crippen LogP contribution in [0.5, 0.6) is 0 Å². The number of aromatic nitrogens is 2. The maximum Gasteiger partial charge on any atom is 0.272 e. The highest BCUT2D eigenvalue weighted by Crippen LogP contribution is 2.13. The van der Waals surface area contributed by atoms with Gasteiger partial charge in [-0.1, -0.05) is 0 Å². The van der Waals surface area contributed by atoms with Gasteiger partial charge < -0.3 is 5.32 Å². The van der Waals surface area contributed by atoms with Crippen LogP contribution < -0.4 is 5.32 Å². The van der Waals surface area contributed by atoms with Crippen molar-refractivity contribution in [1.29, 1.82) is 0 Å². The molecule has 1 aromatic heterocycles. The van der Waals surface area contributed by atoms with E-state index in [-0.39, 0.29) is 29.1 Å². The van der Waals surface area contributed by atoms with Crippen LogP contribution in [0.1, 0.15) is 16.9 Å². The topological polar surface area (TPSA) is 81.1 Å². The summed E-state index contributed by atoms with van der Waals surface area (Å²) in [4.78, 5) is 12.1. The molecule has 1 aliphatic rings. The van der Waals surface area contributed by atoms with Crippen molar-refractivity contribution < 1.29 is 17.6 Å². The minimum absolute atomic E-state index is 0.0303. The second-order valence-electron chi connectivity index (χ2n) is 5.20. The molecular formula is C14H14FN3O3S. The number of amides is 1. The molecule has 1 unspecified atom stereocenters. The van der Waals surface area contributed by atoms with Gasteiger partial charge in [0.05, 0.1) is 17.2 Å². The zero-order valence-corrected chi connectivity index (χ0v) is 12.4. The molecule has 2 heterocycles. The summed E-state index contributed by atoms with van der Waals surface area (Å²) in [6.45, 7) is 0. The normalized spacial score (nSPS) is 20.0. The molecule has 1 aromatic carbocycles. The number of sulfone groups is 1. The highest BCUT2D eigenvalue weighted by atomic mass is 32.2. The van der Waals surface area contributed by atoms with Gasteiger partial charge in [0.2, 0.25) is 0 Å². The number of carbonyl (C=O) groups is 1. The van der Waals surface area contributed by atoms with Gasteiger partial charge in [0, 0.05) is 12.2 Å². The van der Waals surface area contributed by atoms with Crippen molar-refractivity contribution in [1.82, 2.24) is 15.1 Å². The molecule has 8 heteroatoms. The van der Waals surface area contributed by atoms with Gasteiger partial charge in [0.25, 0.3) is 5.91 Å². The number of benzene rings is 1. The number of hydrogen-bond acceptors (Lipinski definition) is 4. The third kappa shape index (κ3) is 3.16. The molecule has 22 heavy (non-hydrogen) atoms. The molecule has 1 amide bonds. The maximum absolute atomic E-state index is 12.9. The van der Waals surface area contributed by atoms with E-state index in [0.717, 1.165) is 0 Å². The first-order valence-corrected chi connectivity index (χ1v) is 8.58. The van der Waals surface area contributed by atoms with Gasteiger partial charge in [-0.15, -0.1) is 0 Å². The molecule has 0 saturated carbocycles. The summed E-state index contributed by atoms with van der Waals surface area (Å²) < 4.78 is 37.1. The molecule has 3 rings (SSSR count). The SMILES string of the molecule is O=C(NC1CCS(=O)(=O)C1)c1ccn(-c2ccc(F)cc2)n1. The summed E-state index contributed by atoms with van der Waals surface area (Å²) in [6, 6.07) is 6.87. The maximum atomic E-state index is 12.9. The Labute approximate surface area is 126 Å². The molecule has 0 spiro atoms. The summed E-state index contributed by atoms with van der Waals surface area (Å²) in [6.07, 6.45) is 2.01. The molecule has 0 radical (unpaired) electrons. The fraction of sp³-hybridized carbons (Fsp3) is 0.286. The molecule has 116 valence electrons. The number of carbonyl (C=O) groups excluding carboxylic acids is 1. The zero-order valence-electron chi connectivity index (χ0n) is 11.6. The Bertz CT molecular complexity index is 799. The molecule has 6 nitrogen and oxygen atoms in total. The number of rotatable bonds is 3. The standard InChI is InChI=1S/C14H14FN3O3S/c15-10-1-3-12(4-2-10)18-7-5-13(17-18)14(19)16-11-6-8-22(20,21)9-11/h1-5,7,11H,6,8-9H2,(H,16,19). The van der Waals surface area contributed by atoms with E-state index in [4.69, 9.17) is 0 Å². The van der Waals surface area contributed by atoms with Gasteiger partial charge in [-0.05, 0) is 36.8 Å². The Hall–Kier alpha value is -2.22. The smallest absolute Gasteiger partial charge is 0.272 e. The van der Waals surface area contributed by atoms with E-state index in [1.807, 2.05) is 0 Å². The molecule has 1 fully saturated rings. The van der Waals surface area contributed by atoms with Gasteiger partial charge in [-0.3, -0.25) is 4.79 Å². The summed E-state index contributed by atoms with van der Waals surface area (Å²) in [5, 5.41) is 6.79. The van der Waals surface area contributed by atoms with Crippen LogP contribution in [0, 0.1) is 5.82 Å². The molecular weight excluding hydrogens is 309 g/mol. The van der Waals surface area contributed by atoms with Crippen molar-refractivity contribution in [3.8, 4) is 5.69 Å². The van der Waals surface area contributed by atoms with Crippen LogP contribution in [0.4, 0.5) is 4.39 Å². The van der Waals surface area contributed by atoms with Crippen molar-refractivity contribution >= 4 is 15.7 Å². The van der Waals surface area contributed by atoms with E-state index in [2.05, 4.69) is 10.4 Å². The first-order chi connectivity index (χ1) is 10.4. The highest BCUT2D eigenvalue weighted by molar-refractivity contribution is 7.91. The van der Waals surface area contributed by atoms with E-state index in [9.17, 15) is 17.6 Å². The van der Waals surface area contributed by atoms with Gasteiger partial charge in [-0.25, -0.2) is 17.5 Å². The van der Waals surface area contributed by atoms with Crippen LogP contribution in [-0.2, 0) is 9.84 Å². The van der Waals surface area contributed by atoms with Crippen LogP contribution in [0.2, 0.25) is 0 Å². The van der Waals surface area contributed by atoms with Crippen molar-refractivity contribution in [2.24, 2.45) is 0 Å². The van der Waals surface area contributed by atoms with Crippen molar-refractivity contribution in [3.05, 3.63) is 48.0 Å². The monoisotopic (exact) mass is 323 g/mol. The lowest BCUT2D eigenvalue weighted by Crippen LogP contribution is -2.35. The lowest BCUT2D eigenvalue weighted by atomic mass is 10.2. The summed E-state index contributed by atoms with van der Waals surface area (Å²) in [7, 11) is -3.04. The first-order valence-electron chi connectivity index (χ1n) is 6.76. The molecule has 1 atom stereocenters. The minimum atomic E-state index is -3.04. The summed E-state index contributed by atoms with van der Waals surface area (Å²) in [5.41, 5.74) is 0.817. The van der Waals surface area contributed by atoms with Crippen molar-refractivity contribution in [3.63, 3.8) is 0 Å². The van der Waals surface area contributed by atoms with Crippen LogP contribution in [0.25, 0.3) is 5.69 Å². The summed E-state index contributed by atoms with van der Waals surface area (Å²) >= 11 is 0.